The lowest BCUT2D eigenvalue weighted by atomic mass is 10.2. The fourth-order valence-electron chi connectivity index (χ4n) is 2.39. The summed E-state index contributed by atoms with van der Waals surface area (Å²) in [6.45, 7) is 0.605. The van der Waals surface area contributed by atoms with Gasteiger partial charge in [0.25, 0.3) is 0 Å². The number of hydrogen-bond acceptors (Lipinski definition) is 2. The van der Waals surface area contributed by atoms with E-state index in [4.69, 9.17) is 0 Å². The highest BCUT2D eigenvalue weighted by molar-refractivity contribution is 7.89. The smallest absolute Gasteiger partial charge is 0.207 e. The van der Waals surface area contributed by atoms with Gasteiger partial charge in [-0.3, -0.25) is 0 Å². The van der Waals surface area contributed by atoms with Gasteiger partial charge >= 0.3 is 0 Å². The average molecular weight is 337 g/mol. The van der Waals surface area contributed by atoms with Crippen molar-refractivity contribution in [3.8, 4) is 0 Å². The Morgan fingerprint density at radius 3 is 1.96 bits per heavy atom. The normalized spacial score (nSPS) is 15.1. The van der Waals surface area contributed by atoms with Gasteiger partial charge in [-0.1, -0.05) is 12.1 Å². The number of hydrogen-bond donors (Lipinski definition) is 0. The molecule has 1 aliphatic rings. The van der Waals surface area contributed by atoms with E-state index in [1.807, 2.05) is 0 Å². The molecule has 0 heterocycles. The average Bonchev–Trinajstić information content (AvgIpc) is 3.33. The maximum Gasteiger partial charge on any atom is 0.243 e. The molecule has 2 aromatic carbocycles. The lowest BCUT2D eigenvalue weighted by Crippen LogP contribution is -2.32. The van der Waals surface area contributed by atoms with Crippen molar-refractivity contribution in [2.24, 2.45) is 5.92 Å². The molecule has 0 aromatic heterocycles. The van der Waals surface area contributed by atoms with Crippen molar-refractivity contribution in [3.05, 3.63) is 65.7 Å². The van der Waals surface area contributed by atoms with Crippen molar-refractivity contribution in [2.45, 2.75) is 24.3 Å². The first kappa shape index (κ1) is 16.1. The molecule has 0 unspecified atom stereocenters. The lowest BCUT2D eigenvalue weighted by Gasteiger charge is -2.22. The SMILES string of the molecule is O=S(=O)(c1ccc(F)cc1)N(Cc1ccc(F)cc1)CC1CC1. The number of nitrogens with zero attached hydrogens (tertiary/aromatic N) is 1. The molecule has 3 rings (SSSR count). The van der Waals surface area contributed by atoms with Crippen molar-refractivity contribution < 1.29 is 17.2 Å². The molecular formula is C17H17F2NO2S. The summed E-state index contributed by atoms with van der Waals surface area (Å²) in [6.07, 6.45) is 2.03. The summed E-state index contributed by atoms with van der Waals surface area (Å²) >= 11 is 0. The lowest BCUT2D eigenvalue weighted by molar-refractivity contribution is 0.391. The highest BCUT2D eigenvalue weighted by atomic mass is 32.2. The van der Waals surface area contributed by atoms with Gasteiger partial charge in [0.2, 0.25) is 10.0 Å². The summed E-state index contributed by atoms with van der Waals surface area (Å²) in [6, 6.07) is 10.6. The van der Waals surface area contributed by atoms with Crippen LogP contribution in [0.25, 0.3) is 0 Å². The van der Waals surface area contributed by atoms with Gasteiger partial charge in [0, 0.05) is 13.1 Å². The van der Waals surface area contributed by atoms with E-state index in [1.54, 1.807) is 12.1 Å². The molecule has 122 valence electrons. The van der Waals surface area contributed by atoms with E-state index < -0.39 is 15.8 Å². The molecule has 6 heteroatoms. The Bertz CT molecular complexity index is 769. The van der Waals surface area contributed by atoms with Crippen molar-refractivity contribution in [3.63, 3.8) is 0 Å². The summed E-state index contributed by atoms with van der Waals surface area (Å²) in [5, 5.41) is 0. The van der Waals surface area contributed by atoms with E-state index in [0.717, 1.165) is 30.5 Å². The fourth-order valence-corrected chi connectivity index (χ4v) is 3.89. The van der Waals surface area contributed by atoms with E-state index >= 15 is 0 Å². The molecular weight excluding hydrogens is 320 g/mol. The van der Waals surface area contributed by atoms with Gasteiger partial charge in [0.05, 0.1) is 4.90 Å². The minimum Gasteiger partial charge on any atom is -0.207 e. The predicted molar refractivity (Wildman–Crippen MR) is 83.1 cm³/mol. The Morgan fingerprint density at radius 2 is 1.43 bits per heavy atom. The Balaban J connectivity index is 1.87. The molecule has 2 aromatic rings. The topological polar surface area (TPSA) is 37.4 Å². The quantitative estimate of drug-likeness (QED) is 0.808. The zero-order chi connectivity index (χ0) is 16.4. The molecule has 1 saturated carbocycles. The van der Waals surface area contributed by atoms with E-state index in [0.29, 0.717) is 12.5 Å². The minimum atomic E-state index is -3.71. The number of halogens is 2. The van der Waals surface area contributed by atoms with Crippen LogP contribution in [0.1, 0.15) is 18.4 Å². The van der Waals surface area contributed by atoms with Crippen molar-refractivity contribution in [1.82, 2.24) is 4.31 Å². The number of rotatable bonds is 6. The third-order valence-corrected chi connectivity index (χ3v) is 5.71. The monoisotopic (exact) mass is 337 g/mol. The summed E-state index contributed by atoms with van der Waals surface area (Å²) in [5.41, 5.74) is 0.720. The Labute approximate surface area is 134 Å². The molecule has 1 aliphatic carbocycles. The van der Waals surface area contributed by atoms with Crippen LogP contribution in [0, 0.1) is 17.6 Å². The second kappa shape index (κ2) is 6.37. The van der Waals surface area contributed by atoms with Crippen molar-refractivity contribution >= 4 is 10.0 Å². The van der Waals surface area contributed by atoms with Crippen LogP contribution in [-0.2, 0) is 16.6 Å². The maximum atomic E-state index is 13.0. The van der Waals surface area contributed by atoms with Crippen molar-refractivity contribution in [2.75, 3.05) is 6.54 Å². The van der Waals surface area contributed by atoms with Gasteiger partial charge in [0.15, 0.2) is 0 Å². The Morgan fingerprint density at radius 1 is 0.913 bits per heavy atom. The molecule has 0 spiro atoms. The van der Waals surface area contributed by atoms with Gasteiger partial charge in [-0.05, 0) is 60.7 Å². The standard InChI is InChI=1S/C17H17F2NO2S/c18-15-5-3-14(4-6-15)12-20(11-13-1-2-13)23(21,22)17-9-7-16(19)8-10-17/h3-10,13H,1-2,11-12H2. The Hall–Kier alpha value is -1.79. The molecule has 0 atom stereocenters. The summed E-state index contributed by atoms with van der Waals surface area (Å²) < 4.78 is 53.1. The summed E-state index contributed by atoms with van der Waals surface area (Å²) in [7, 11) is -3.71. The van der Waals surface area contributed by atoms with Crippen LogP contribution in [0.4, 0.5) is 8.78 Å². The number of benzene rings is 2. The summed E-state index contributed by atoms with van der Waals surface area (Å²) in [5.74, 6) is -0.467. The van der Waals surface area contributed by atoms with E-state index in [1.165, 1.54) is 28.6 Å². The van der Waals surface area contributed by atoms with Crippen LogP contribution in [0.15, 0.2) is 53.4 Å². The third kappa shape index (κ3) is 3.95. The molecule has 1 fully saturated rings. The van der Waals surface area contributed by atoms with Gasteiger partial charge in [-0.15, -0.1) is 0 Å². The molecule has 0 bridgehead atoms. The van der Waals surface area contributed by atoms with Crippen LogP contribution in [0.3, 0.4) is 0 Å². The number of sulfonamides is 1. The highest BCUT2D eigenvalue weighted by Gasteiger charge is 2.31. The van der Waals surface area contributed by atoms with Gasteiger partial charge in [-0.2, -0.15) is 4.31 Å². The van der Waals surface area contributed by atoms with Crippen LogP contribution >= 0.6 is 0 Å². The van der Waals surface area contributed by atoms with Gasteiger partial charge < -0.3 is 0 Å². The zero-order valence-corrected chi connectivity index (χ0v) is 13.3. The largest absolute Gasteiger partial charge is 0.243 e. The maximum absolute atomic E-state index is 13.0. The van der Waals surface area contributed by atoms with E-state index in [9.17, 15) is 17.2 Å². The molecule has 0 aliphatic heterocycles. The third-order valence-electron chi connectivity index (χ3n) is 3.88. The predicted octanol–water partition coefficient (Wildman–Crippen LogP) is 3.57. The fraction of sp³-hybridized carbons (Fsp3) is 0.294. The van der Waals surface area contributed by atoms with E-state index in [2.05, 4.69) is 0 Å². The molecule has 0 radical (unpaired) electrons. The van der Waals surface area contributed by atoms with Crippen LogP contribution in [0.2, 0.25) is 0 Å². The van der Waals surface area contributed by atoms with Crippen LogP contribution in [-0.4, -0.2) is 19.3 Å². The molecule has 0 amide bonds. The molecule has 0 saturated heterocycles. The van der Waals surface area contributed by atoms with Crippen LogP contribution < -0.4 is 0 Å². The molecule has 0 N–H and O–H groups in total. The molecule has 3 nitrogen and oxygen atoms in total. The first-order chi connectivity index (χ1) is 10.9. The zero-order valence-electron chi connectivity index (χ0n) is 12.5. The van der Waals surface area contributed by atoms with Gasteiger partial charge in [0.1, 0.15) is 11.6 Å². The second-order valence-corrected chi connectivity index (χ2v) is 7.76. The second-order valence-electron chi connectivity index (χ2n) is 5.82. The highest BCUT2D eigenvalue weighted by Crippen LogP contribution is 2.32. The van der Waals surface area contributed by atoms with E-state index in [-0.39, 0.29) is 17.3 Å². The minimum absolute atomic E-state index is 0.0710. The van der Waals surface area contributed by atoms with Crippen molar-refractivity contribution in [1.29, 1.82) is 0 Å². The Kier molecular flexibility index (Phi) is 4.46. The van der Waals surface area contributed by atoms with Crippen LogP contribution in [0.5, 0.6) is 0 Å². The summed E-state index contributed by atoms with van der Waals surface area (Å²) in [4.78, 5) is 0.0710. The first-order valence-corrected chi connectivity index (χ1v) is 8.89. The molecule has 23 heavy (non-hydrogen) atoms. The van der Waals surface area contributed by atoms with Gasteiger partial charge in [-0.25, -0.2) is 17.2 Å². The first-order valence-electron chi connectivity index (χ1n) is 7.45.